The number of benzene rings is 1. The summed E-state index contributed by atoms with van der Waals surface area (Å²) < 4.78 is 10.7. The molecule has 118 valence electrons. The second-order valence-electron chi connectivity index (χ2n) is 5.65. The Morgan fingerprint density at radius 2 is 1.87 bits per heavy atom. The van der Waals surface area contributed by atoms with Crippen LogP contribution < -0.4 is 14.8 Å². The van der Waals surface area contributed by atoms with Crippen molar-refractivity contribution < 1.29 is 14.3 Å². The summed E-state index contributed by atoms with van der Waals surface area (Å²) in [6, 6.07) is 7.47. The van der Waals surface area contributed by atoms with Crippen molar-refractivity contribution in [3.05, 3.63) is 42.2 Å². The van der Waals surface area contributed by atoms with Crippen LogP contribution in [-0.2, 0) is 0 Å². The molecule has 6 heteroatoms. The second-order valence-corrected chi connectivity index (χ2v) is 5.65. The molecular formula is C17H17N3O3. The number of hydrogen-bond acceptors (Lipinski definition) is 5. The zero-order valence-electron chi connectivity index (χ0n) is 12.6. The van der Waals surface area contributed by atoms with E-state index in [4.69, 9.17) is 9.47 Å². The SMILES string of the molecule is O=C(c1cncc(Nc2ccc3c(c2)OCO3)c1)N1CCCC1. The first-order chi connectivity index (χ1) is 11.3. The number of hydrogen-bond donors (Lipinski definition) is 1. The molecule has 0 saturated carbocycles. The van der Waals surface area contributed by atoms with Gasteiger partial charge in [-0.05, 0) is 31.0 Å². The van der Waals surface area contributed by atoms with Gasteiger partial charge in [0.1, 0.15) is 0 Å². The predicted octanol–water partition coefficient (Wildman–Crippen LogP) is 2.79. The first-order valence-electron chi connectivity index (χ1n) is 7.70. The Bertz CT molecular complexity index is 742. The van der Waals surface area contributed by atoms with Gasteiger partial charge < -0.3 is 19.7 Å². The third-order valence-electron chi connectivity index (χ3n) is 4.04. The minimum Gasteiger partial charge on any atom is -0.454 e. The lowest BCUT2D eigenvalue weighted by molar-refractivity contribution is 0.0792. The van der Waals surface area contributed by atoms with Gasteiger partial charge in [0.15, 0.2) is 11.5 Å². The van der Waals surface area contributed by atoms with Crippen LogP contribution in [0.15, 0.2) is 36.7 Å². The summed E-state index contributed by atoms with van der Waals surface area (Å²) in [5, 5.41) is 3.25. The Hall–Kier alpha value is -2.76. The average Bonchev–Trinajstić information content (AvgIpc) is 3.25. The van der Waals surface area contributed by atoms with Gasteiger partial charge in [-0.2, -0.15) is 0 Å². The van der Waals surface area contributed by atoms with Crippen LogP contribution in [0.3, 0.4) is 0 Å². The number of nitrogens with zero attached hydrogens (tertiary/aromatic N) is 2. The highest BCUT2D eigenvalue weighted by Gasteiger charge is 2.20. The first-order valence-corrected chi connectivity index (χ1v) is 7.70. The highest BCUT2D eigenvalue weighted by atomic mass is 16.7. The van der Waals surface area contributed by atoms with Crippen LogP contribution in [0.4, 0.5) is 11.4 Å². The Kier molecular flexibility index (Phi) is 3.49. The fourth-order valence-electron chi connectivity index (χ4n) is 2.87. The average molecular weight is 311 g/mol. The molecule has 1 aromatic heterocycles. The van der Waals surface area contributed by atoms with Crippen LogP contribution in [0.2, 0.25) is 0 Å². The van der Waals surface area contributed by atoms with Crippen molar-refractivity contribution in [1.29, 1.82) is 0 Å². The summed E-state index contributed by atoms with van der Waals surface area (Å²) in [4.78, 5) is 18.5. The number of carbonyl (C=O) groups excluding carboxylic acids is 1. The molecule has 0 aliphatic carbocycles. The number of aromatic nitrogens is 1. The number of ether oxygens (including phenoxy) is 2. The molecule has 2 aromatic rings. The second kappa shape index (κ2) is 5.79. The third-order valence-corrected chi connectivity index (χ3v) is 4.04. The van der Waals surface area contributed by atoms with Crippen LogP contribution in [-0.4, -0.2) is 35.7 Å². The first kappa shape index (κ1) is 13.9. The number of pyridine rings is 1. The molecular weight excluding hydrogens is 294 g/mol. The van der Waals surface area contributed by atoms with Gasteiger partial charge in [0.2, 0.25) is 6.79 Å². The van der Waals surface area contributed by atoms with Crippen LogP contribution in [0, 0.1) is 0 Å². The van der Waals surface area contributed by atoms with E-state index in [2.05, 4.69) is 10.3 Å². The maximum absolute atomic E-state index is 12.4. The fourth-order valence-corrected chi connectivity index (χ4v) is 2.87. The number of likely N-dealkylation sites (tertiary alicyclic amines) is 1. The highest BCUT2D eigenvalue weighted by Crippen LogP contribution is 2.35. The van der Waals surface area contributed by atoms with E-state index >= 15 is 0 Å². The van der Waals surface area contributed by atoms with Gasteiger partial charge in [0.25, 0.3) is 5.91 Å². The van der Waals surface area contributed by atoms with Crippen molar-refractivity contribution in [2.75, 3.05) is 25.2 Å². The number of nitrogens with one attached hydrogen (secondary N) is 1. The highest BCUT2D eigenvalue weighted by molar-refractivity contribution is 5.95. The molecule has 4 rings (SSSR count). The lowest BCUT2D eigenvalue weighted by Crippen LogP contribution is -2.27. The van der Waals surface area contributed by atoms with Gasteiger partial charge in [0.05, 0.1) is 17.4 Å². The molecule has 1 saturated heterocycles. The van der Waals surface area contributed by atoms with E-state index < -0.39 is 0 Å². The number of rotatable bonds is 3. The molecule has 0 atom stereocenters. The van der Waals surface area contributed by atoms with Crippen LogP contribution in [0.25, 0.3) is 0 Å². The van der Waals surface area contributed by atoms with Gasteiger partial charge in [0, 0.05) is 31.0 Å². The van der Waals surface area contributed by atoms with E-state index in [1.165, 1.54) is 0 Å². The monoisotopic (exact) mass is 311 g/mol. The Labute approximate surface area is 134 Å². The molecule has 6 nitrogen and oxygen atoms in total. The van der Waals surface area contributed by atoms with Crippen molar-refractivity contribution >= 4 is 17.3 Å². The van der Waals surface area contributed by atoms with E-state index in [0.717, 1.165) is 43.1 Å². The van der Waals surface area contributed by atoms with Crippen molar-refractivity contribution in [2.45, 2.75) is 12.8 Å². The summed E-state index contributed by atoms with van der Waals surface area (Å²) >= 11 is 0. The lowest BCUT2D eigenvalue weighted by atomic mass is 10.2. The Morgan fingerprint density at radius 3 is 2.74 bits per heavy atom. The molecule has 3 heterocycles. The largest absolute Gasteiger partial charge is 0.454 e. The zero-order valence-corrected chi connectivity index (χ0v) is 12.6. The lowest BCUT2D eigenvalue weighted by Gasteiger charge is -2.15. The van der Waals surface area contributed by atoms with Gasteiger partial charge in [-0.3, -0.25) is 9.78 Å². The summed E-state index contributed by atoms with van der Waals surface area (Å²) in [5.41, 5.74) is 2.24. The van der Waals surface area contributed by atoms with Crippen molar-refractivity contribution in [1.82, 2.24) is 9.88 Å². The molecule has 23 heavy (non-hydrogen) atoms. The van der Waals surface area contributed by atoms with Gasteiger partial charge in [-0.1, -0.05) is 0 Å². The molecule has 0 unspecified atom stereocenters. The standard InChI is InChI=1S/C17H17N3O3/c21-17(20-5-1-2-6-20)12-7-14(10-18-9-12)19-13-3-4-15-16(8-13)23-11-22-15/h3-4,7-10,19H,1-2,5-6,11H2. The van der Waals surface area contributed by atoms with Gasteiger partial charge >= 0.3 is 0 Å². The minimum atomic E-state index is 0.0457. The topological polar surface area (TPSA) is 63.7 Å². The maximum atomic E-state index is 12.4. The number of carbonyl (C=O) groups is 1. The Balaban J connectivity index is 1.53. The van der Waals surface area contributed by atoms with E-state index in [1.54, 1.807) is 12.4 Å². The zero-order chi connectivity index (χ0) is 15.6. The number of anilines is 2. The summed E-state index contributed by atoms with van der Waals surface area (Å²) in [7, 11) is 0. The molecule has 0 bridgehead atoms. The van der Waals surface area contributed by atoms with E-state index in [9.17, 15) is 4.79 Å². The van der Waals surface area contributed by atoms with Crippen LogP contribution in [0.5, 0.6) is 11.5 Å². The summed E-state index contributed by atoms with van der Waals surface area (Å²) in [5.74, 6) is 1.50. The van der Waals surface area contributed by atoms with Crippen molar-refractivity contribution in [2.24, 2.45) is 0 Å². The number of amides is 1. The van der Waals surface area contributed by atoms with Crippen LogP contribution >= 0.6 is 0 Å². The van der Waals surface area contributed by atoms with Crippen LogP contribution in [0.1, 0.15) is 23.2 Å². The molecule has 0 radical (unpaired) electrons. The van der Waals surface area contributed by atoms with Gasteiger partial charge in [-0.25, -0.2) is 0 Å². The van der Waals surface area contributed by atoms with Crippen molar-refractivity contribution in [3.8, 4) is 11.5 Å². The van der Waals surface area contributed by atoms with E-state index in [0.29, 0.717) is 11.3 Å². The summed E-state index contributed by atoms with van der Waals surface area (Å²) in [6.45, 7) is 1.91. The number of fused-ring (bicyclic) bond motifs is 1. The molecule has 1 amide bonds. The Morgan fingerprint density at radius 1 is 1.04 bits per heavy atom. The quantitative estimate of drug-likeness (QED) is 0.944. The smallest absolute Gasteiger partial charge is 0.255 e. The molecule has 1 fully saturated rings. The normalized spacial score (nSPS) is 15.7. The third kappa shape index (κ3) is 2.79. The predicted molar refractivity (Wildman–Crippen MR) is 85.2 cm³/mol. The molecule has 2 aliphatic rings. The molecule has 1 N–H and O–H groups in total. The van der Waals surface area contributed by atoms with Gasteiger partial charge in [-0.15, -0.1) is 0 Å². The molecule has 1 aromatic carbocycles. The van der Waals surface area contributed by atoms with E-state index in [-0.39, 0.29) is 12.7 Å². The summed E-state index contributed by atoms with van der Waals surface area (Å²) in [6.07, 6.45) is 5.47. The molecule has 0 spiro atoms. The fraction of sp³-hybridized carbons (Fsp3) is 0.294. The van der Waals surface area contributed by atoms with Crippen molar-refractivity contribution in [3.63, 3.8) is 0 Å². The van der Waals surface area contributed by atoms with E-state index in [1.807, 2.05) is 29.2 Å². The minimum absolute atomic E-state index is 0.0457. The maximum Gasteiger partial charge on any atom is 0.255 e. The molecule has 2 aliphatic heterocycles.